The molecule has 0 aliphatic rings. The molecular weight excluding hydrogens is 392 g/mol. The third kappa shape index (κ3) is 3.26. The van der Waals surface area contributed by atoms with Crippen LogP contribution in [0.1, 0.15) is 19.4 Å². The molecule has 0 aliphatic heterocycles. The van der Waals surface area contributed by atoms with Gasteiger partial charge in [0.25, 0.3) is 0 Å². The van der Waals surface area contributed by atoms with Crippen molar-refractivity contribution in [2.24, 2.45) is 7.05 Å². The molecule has 0 bridgehead atoms. The fraction of sp³-hybridized carbons (Fsp3) is 0.350. The molecule has 5 nitrogen and oxygen atoms in total. The molecule has 2 aromatic carbocycles. The van der Waals surface area contributed by atoms with E-state index < -0.39 is 0 Å². The van der Waals surface area contributed by atoms with Gasteiger partial charge in [0.2, 0.25) is 5.95 Å². The van der Waals surface area contributed by atoms with Gasteiger partial charge in [-0.05, 0) is 50.6 Å². The van der Waals surface area contributed by atoms with Crippen molar-refractivity contribution >= 4 is 44.3 Å². The van der Waals surface area contributed by atoms with Gasteiger partial charge in [0, 0.05) is 24.6 Å². The minimum atomic E-state index is 0.403. The first kappa shape index (κ1) is 18.6. The van der Waals surface area contributed by atoms with Gasteiger partial charge in [-0.25, -0.2) is 4.98 Å². The summed E-state index contributed by atoms with van der Waals surface area (Å²) in [4.78, 5) is 7.07. The lowest BCUT2D eigenvalue weighted by Crippen LogP contribution is -2.26. The fourth-order valence-corrected chi connectivity index (χ4v) is 3.62. The van der Waals surface area contributed by atoms with Gasteiger partial charge >= 0.3 is 0 Å². The lowest BCUT2D eigenvalue weighted by molar-refractivity contribution is 0.416. The van der Waals surface area contributed by atoms with E-state index in [1.807, 2.05) is 19.2 Å². The largest absolute Gasteiger partial charge is 0.495 e. The van der Waals surface area contributed by atoms with Crippen molar-refractivity contribution in [3.63, 3.8) is 0 Å². The molecule has 0 amide bonds. The molecule has 0 saturated heterocycles. The van der Waals surface area contributed by atoms with Crippen LogP contribution in [0.3, 0.4) is 0 Å². The number of benzene rings is 2. The molecule has 1 aromatic heterocycles. The molecule has 0 fully saturated rings. The molecular formula is C20H25BrN4O. The highest BCUT2D eigenvalue weighted by Gasteiger charge is 2.17. The second kappa shape index (κ2) is 7.19. The second-order valence-corrected chi connectivity index (χ2v) is 7.68. The first-order chi connectivity index (χ1) is 12.3. The lowest BCUT2D eigenvalue weighted by atomic mass is 10.2. The van der Waals surface area contributed by atoms with Crippen molar-refractivity contribution in [2.45, 2.75) is 26.8 Å². The Labute approximate surface area is 163 Å². The van der Waals surface area contributed by atoms with E-state index in [-0.39, 0.29) is 0 Å². The number of imidazole rings is 1. The van der Waals surface area contributed by atoms with Gasteiger partial charge in [-0.3, -0.25) is 0 Å². The predicted molar refractivity (Wildman–Crippen MR) is 113 cm³/mol. The van der Waals surface area contributed by atoms with Crippen LogP contribution in [0.5, 0.6) is 5.75 Å². The van der Waals surface area contributed by atoms with E-state index in [1.54, 1.807) is 7.11 Å². The maximum absolute atomic E-state index is 5.55. The topological polar surface area (TPSA) is 42.3 Å². The Morgan fingerprint density at radius 2 is 2.00 bits per heavy atom. The molecule has 0 aliphatic carbocycles. The minimum absolute atomic E-state index is 0.403. The van der Waals surface area contributed by atoms with Crippen LogP contribution in [-0.2, 0) is 7.05 Å². The summed E-state index contributed by atoms with van der Waals surface area (Å²) in [5, 5.41) is 3.46. The number of para-hydroxylation sites is 1. The molecule has 1 N–H and O–H groups in total. The van der Waals surface area contributed by atoms with Crippen LogP contribution in [0.4, 0.5) is 17.3 Å². The zero-order chi connectivity index (χ0) is 19.0. The van der Waals surface area contributed by atoms with Crippen LogP contribution in [-0.4, -0.2) is 29.8 Å². The van der Waals surface area contributed by atoms with Gasteiger partial charge in [-0.1, -0.05) is 22.0 Å². The number of halogens is 1. The van der Waals surface area contributed by atoms with E-state index in [4.69, 9.17) is 9.72 Å². The van der Waals surface area contributed by atoms with E-state index in [0.29, 0.717) is 6.04 Å². The van der Waals surface area contributed by atoms with Gasteiger partial charge in [-0.15, -0.1) is 0 Å². The molecule has 6 heteroatoms. The Morgan fingerprint density at radius 3 is 2.65 bits per heavy atom. The lowest BCUT2D eigenvalue weighted by Gasteiger charge is -2.24. The molecule has 0 saturated carbocycles. The maximum Gasteiger partial charge on any atom is 0.208 e. The summed E-state index contributed by atoms with van der Waals surface area (Å²) in [7, 11) is 5.83. The van der Waals surface area contributed by atoms with Crippen molar-refractivity contribution in [3.8, 4) is 5.75 Å². The summed E-state index contributed by atoms with van der Waals surface area (Å²) in [5.74, 6) is 1.57. The van der Waals surface area contributed by atoms with Gasteiger partial charge in [0.15, 0.2) is 0 Å². The zero-order valence-corrected chi connectivity index (χ0v) is 17.7. The van der Waals surface area contributed by atoms with Crippen LogP contribution >= 0.6 is 15.9 Å². The van der Waals surface area contributed by atoms with Crippen LogP contribution in [0.2, 0.25) is 0 Å². The average Bonchev–Trinajstić information content (AvgIpc) is 2.92. The number of hydrogen-bond donors (Lipinski definition) is 1. The average molecular weight is 417 g/mol. The summed E-state index contributed by atoms with van der Waals surface area (Å²) < 4.78 is 8.64. The molecule has 0 radical (unpaired) electrons. The number of methoxy groups -OCH3 is 1. The summed E-state index contributed by atoms with van der Waals surface area (Å²) in [6, 6.07) is 10.7. The quantitative estimate of drug-likeness (QED) is 0.617. The molecule has 0 spiro atoms. The number of anilines is 3. The SMILES string of the molecule is COc1cc(Br)cc(C)c1Nc1nc2cccc(N(C)C(C)C)c2n1C. The number of fused-ring (bicyclic) bond motifs is 1. The monoisotopic (exact) mass is 416 g/mol. The first-order valence-electron chi connectivity index (χ1n) is 8.63. The molecule has 138 valence electrons. The Bertz CT molecular complexity index is 949. The van der Waals surface area contributed by atoms with Crippen molar-refractivity contribution in [1.82, 2.24) is 9.55 Å². The maximum atomic E-state index is 5.55. The number of nitrogens with zero attached hydrogens (tertiary/aromatic N) is 3. The number of aryl methyl sites for hydroxylation is 2. The van der Waals surface area contributed by atoms with E-state index in [0.717, 1.165) is 38.5 Å². The van der Waals surface area contributed by atoms with E-state index in [1.165, 1.54) is 5.69 Å². The zero-order valence-electron chi connectivity index (χ0n) is 16.1. The van der Waals surface area contributed by atoms with Crippen LogP contribution in [0, 0.1) is 6.92 Å². The molecule has 26 heavy (non-hydrogen) atoms. The third-order valence-electron chi connectivity index (χ3n) is 4.75. The number of nitrogens with one attached hydrogen (secondary N) is 1. The highest BCUT2D eigenvalue weighted by atomic mass is 79.9. The second-order valence-electron chi connectivity index (χ2n) is 6.77. The fourth-order valence-electron chi connectivity index (χ4n) is 3.07. The highest BCUT2D eigenvalue weighted by molar-refractivity contribution is 9.10. The molecule has 1 heterocycles. The Morgan fingerprint density at radius 1 is 1.27 bits per heavy atom. The summed E-state index contributed by atoms with van der Waals surface area (Å²) in [6.07, 6.45) is 0. The smallest absolute Gasteiger partial charge is 0.208 e. The molecule has 3 aromatic rings. The van der Waals surface area contributed by atoms with Crippen LogP contribution in [0.25, 0.3) is 11.0 Å². The van der Waals surface area contributed by atoms with Crippen molar-refractivity contribution < 1.29 is 4.74 Å². The third-order valence-corrected chi connectivity index (χ3v) is 5.21. The number of rotatable bonds is 5. The summed E-state index contributed by atoms with van der Waals surface area (Å²) in [5.41, 5.74) is 5.25. The van der Waals surface area contributed by atoms with Gasteiger partial charge in [-0.2, -0.15) is 0 Å². The van der Waals surface area contributed by atoms with Crippen molar-refractivity contribution in [2.75, 3.05) is 24.4 Å². The summed E-state index contributed by atoms with van der Waals surface area (Å²) >= 11 is 3.52. The van der Waals surface area contributed by atoms with Crippen LogP contribution in [0.15, 0.2) is 34.8 Å². The van der Waals surface area contributed by atoms with E-state index in [2.05, 4.69) is 76.7 Å². The number of ether oxygens (including phenoxy) is 1. The van der Waals surface area contributed by atoms with Gasteiger partial charge < -0.3 is 19.5 Å². The number of aromatic nitrogens is 2. The van der Waals surface area contributed by atoms with E-state index in [9.17, 15) is 0 Å². The number of hydrogen-bond acceptors (Lipinski definition) is 4. The molecule has 0 unspecified atom stereocenters. The molecule has 0 atom stereocenters. The van der Waals surface area contributed by atoms with Crippen LogP contribution < -0.4 is 15.0 Å². The highest BCUT2D eigenvalue weighted by Crippen LogP contribution is 2.36. The first-order valence-corrected chi connectivity index (χ1v) is 9.42. The predicted octanol–water partition coefficient (Wildman–Crippen LogP) is 5.24. The summed E-state index contributed by atoms with van der Waals surface area (Å²) in [6.45, 7) is 6.42. The Hall–Kier alpha value is -2.21. The van der Waals surface area contributed by atoms with Crippen molar-refractivity contribution in [3.05, 3.63) is 40.4 Å². The van der Waals surface area contributed by atoms with E-state index >= 15 is 0 Å². The van der Waals surface area contributed by atoms with Crippen molar-refractivity contribution in [1.29, 1.82) is 0 Å². The van der Waals surface area contributed by atoms with Gasteiger partial charge in [0.1, 0.15) is 5.75 Å². The normalized spacial score (nSPS) is 11.2. The van der Waals surface area contributed by atoms with Gasteiger partial charge in [0.05, 0.1) is 29.5 Å². The Kier molecular flexibility index (Phi) is 5.14. The molecule has 3 rings (SSSR count). The Balaban J connectivity index is 2.11. The minimum Gasteiger partial charge on any atom is -0.495 e. The standard InChI is InChI=1S/C20H25BrN4O/c1-12(2)24(4)16-9-7-8-15-19(16)25(5)20(22-15)23-18-13(3)10-14(21)11-17(18)26-6/h7-12H,1-6H3,(H,22,23).